The molecule has 7 nitrogen and oxygen atoms in total. The number of nitrogens with one attached hydrogen (secondary N) is 2. The molecular weight excluding hydrogens is 370 g/mol. The van der Waals surface area contributed by atoms with Crippen molar-refractivity contribution in [1.29, 1.82) is 0 Å². The van der Waals surface area contributed by atoms with E-state index in [1.807, 2.05) is 12.2 Å². The molecule has 3 aliphatic rings. The number of benzene rings is 1. The zero-order valence-corrected chi connectivity index (χ0v) is 17.0. The van der Waals surface area contributed by atoms with Crippen LogP contribution >= 0.6 is 0 Å². The predicted molar refractivity (Wildman–Crippen MR) is 109 cm³/mol. The van der Waals surface area contributed by atoms with Gasteiger partial charge in [0.1, 0.15) is 5.60 Å². The van der Waals surface area contributed by atoms with Crippen LogP contribution in [0.4, 0.5) is 11.4 Å². The topological polar surface area (TPSA) is 87.7 Å². The lowest BCUT2D eigenvalue weighted by atomic mass is 9.77. The maximum absolute atomic E-state index is 13.3. The second kappa shape index (κ2) is 7.30. The second-order valence-corrected chi connectivity index (χ2v) is 8.53. The third-order valence-corrected chi connectivity index (χ3v) is 5.92. The number of carbonyl (C=O) groups excluding carboxylic acids is 3. The molecule has 3 amide bonds. The Morgan fingerprint density at radius 2 is 2.00 bits per heavy atom. The Labute approximate surface area is 170 Å². The summed E-state index contributed by atoms with van der Waals surface area (Å²) in [4.78, 5) is 39.0. The minimum absolute atomic E-state index is 0.0897. The van der Waals surface area contributed by atoms with Crippen LogP contribution in [-0.4, -0.2) is 42.5 Å². The Kier molecular flexibility index (Phi) is 4.94. The highest BCUT2D eigenvalue weighted by Crippen LogP contribution is 2.52. The number of hydrogen-bond donors (Lipinski definition) is 2. The fourth-order valence-electron chi connectivity index (χ4n) is 4.55. The normalized spacial score (nSPS) is 29.4. The average molecular weight is 397 g/mol. The number of rotatable bonds is 6. The third kappa shape index (κ3) is 3.44. The van der Waals surface area contributed by atoms with Crippen molar-refractivity contribution >= 4 is 29.1 Å². The van der Waals surface area contributed by atoms with Crippen molar-refractivity contribution in [3.05, 3.63) is 36.4 Å². The van der Waals surface area contributed by atoms with Gasteiger partial charge in [-0.25, -0.2) is 0 Å². The molecule has 1 aromatic rings. The molecule has 0 aliphatic carbocycles. The molecule has 4 rings (SSSR count). The van der Waals surface area contributed by atoms with Gasteiger partial charge in [-0.05, 0) is 36.6 Å². The monoisotopic (exact) mass is 397 g/mol. The standard InChI is InChI=1S/C22H27N3O4/c1-13(2)9-11-23-20(27)18-17-8-10-22(29-17)12-25(21(28)19(18)22)16-6-4-15(5-7-16)24-14(3)26/h4-8,10,13,17-19H,9,11-12H2,1-3H3,(H,23,27)(H,24,26)/t17-,18+,19-,22+/m0/s1. The van der Waals surface area contributed by atoms with E-state index >= 15 is 0 Å². The summed E-state index contributed by atoms with van der Waals surface area (Å²) in [6.07, 6.45) is 4.42. The molecular formula is C22H27N3O4. The molecule has 0 radical (unpaired) electrons. The molecule has 2 N–H and O–H groups in total. The minimum atomic E-state index is -0.738. The summed E-state index contributed by atoms with van der Waals surface area (Å²) >= 11 is 0. The highest BCUT2D eigenvalue weighted by molar-refractivity contribution is 6.03. The lowest BCUT2D eigenvalue weighted by molar-refractivity contribution is -0.131. The highest BCUT2D eigenvalue weighted by Gasteiger charge is 2.67. The molecule has 7 heteroatoms. The SMILES string of the molecule is CC(=O)Nc1ccc(N2C[C@@]34C=C[C@H](O3)[C@@H](C(=O)NCCC(C)C)[C@H]4C2=O)cc1. The summed E-state index contributed by atoms with van der Waals surface area (Å²) in [5.74, 6) is -0.849. The molecule has 1 aromatic carbocycles. The number of amides is 3. The van der Waals surface area contributed by atoms with E-state index in [0.29, 0.717) is 24.7 Å². The fraction of sp³-hybridized carbons (Fsp3) is 0.500. The van der Waals surface area contributed by atoms with E-state index in [9.17, 15) is 14.4 Å². The molecule has 0 aromatic heterocycles. The quantitative estimate of drug-likeness (QED) is 0.720. The maximum Gasteiger partial charge on any atom is 0.234 e. The summed E-state index contributed by atoms with van der Waals surface area (Å²) in [7, 11) is 0. The molecule has 2 fully saturated rings. The van der Waals surface area contributed by atoms with Crippen molar-refractivity contribution in [1.82, 2.24) is 5.32 Å². The average Bonchev–Trinajstić information content (AvgIpc) is 3.30. The molecule has 0 saturated carbocycles. The van der Waals surface area contributed by atoms with Gasteiger partial charge in [-0.2, -0.15) is 0 Å². The van der Waals surface area contributed by atoms with Crippen molar-refractivity contribution < 1.29 is 19.1 Å². The summed E-state index contributed by atoms with van der Waals surface area (Å²) in [5, 5.41) is 5.70. The molecule has 0 unspecified atom stereocenters. The van der Waals surface area contributed by atoms with E-state index in [-0.39, 0.29) is 23.8 Å². The van der Waals surface area contributed by atoms with Gasteiger partial charge < -0.3 is 20.3 Å². The van der Waals surface area contributed by atoms with Crippen LogP contribution in [0.25, 0.3) is 0 Å². The summed E-state index contributed by atoms with van der Waals surface area (Å²) in [5.41, 5.74) is 0.663. The van der Waals surface area contributed by atoms with Crippen molar-refractivity contribution in [2.45, 2.75) is 38.9 Å². The van der Waals surface area contributed by atoms with Gasteiger partial charge in [0.25, 0.3) is 0 Å². The number of fused-ring (bicyclic) bond motifs is 1. The van der Waals surface area contributed by atoms with Crippen LogP contribution in [0, 0.1) is 17.8 Å². The maximum atomic E-state index is 13.3. The Balaban J connectivity index is 1.52. The molecule has 154 valence electrons. The number of anilines is 2. The minimum Gasteiger partial charge on any atom is -0.360 e. The first kappa shape index (κ1) is 19.6. The number of ether oxygens (including phenoxy) is 1. The molecule has 1 spiro atoms. The number of carbonyl (C=O) groups is 3. The third-order valence-electron chi connectivity index (χ3n) is 5.92. The lowest BCUT2D eigenvalue weighted by Gasteiger charge is -2.23. The van der Waals surface area contributed by atoms with E-state index < -0.39 is 17.4 Å². The largest absolute Gasteiger partial charge is 0.360 e. The first-order valence-electron chi connectivity index (χ1n) is 10.1. The zero-order chi connectivity index (χ0) is 20.8. The van der Waals surface area contributed by atoms with E-state index in [1.165, 1.54) is 6.92 Å². The van der Waals surface area contributed by atoms with Crippen molar-refractivity contribution in [2.24, 2.45) is 17.8 Å². The smallest absolute Gasteiger partial charge is 0.234 e. The van der Waals surface area contributed by atoms with Crippen LogP contribution < -0.4 is 15.5 Å². The number of nitrogens with zero attached hydrogens (tertiary/aromatic N) is 1. The molecule has 3 aliphatic heterocycles. The van der Waals surface area contributed by atoms with Crippen LogP contribution in [0.3, 0.4) is 0 Å². The molecule has 29 heavy (non-hydrogen) atoms. The van der Waals surface area contributed by atoms with Gasteiger partial charge >= 0.3 is 0 Å². The summed E-state index contributed by atoms with van der Waals surface area (Å²) < 4.78 is 6.15. The molecule has 2 saturated heterocycles. The van der Waals surface area contributed by atoms with Crippen LogP contribution in [0.5, 0.6) is 0 Å². The van der Waals surface area contributed by atoms with Crippen LogP contribution in [0.15, 0.2) is 36.4 Å². The Morgan fingerprint density at radius 1 is 1.28 bits per heavy atom. The molecule has 2 bridgehead atoms. The van der Waals surface area contributed by atoms with Crippen molar-refractivity contribution in [3.63, 3.8) is 0 Å². The first-order valence-corrected chi connectivity index (χ1v) is 10.1. The zero-order valence-electron chi connectivity index (χ0n) is 17.0. The van der Waals surface area contributed by atoms with Gasteiger partial charge in [-0.3, -0.25) is 14.4 Å². The first-order chi connectivity index (χ1) is 13.8. The summed E-state index contributed by atoms with van der Waals surface area (Å²) in [6, 6.07) is 7.13. The van der Waals surface area contributed by atoms with E-state index in [0.717, 1.165) is 12.1 Å². The molecule has 3 heterocycles. The van der Waals surface area contributed by atoms with Crippen molar-refractivity contribution in [3.8, 4) is 0 Å². The van der Waals surface area contributed by atoms with Crippen molar-refractivity contribution in [2.75, 3.05) is 23.3 Å². The van der Waals surface area contributed by atoms with E-state index in [1.54, 1.807) is 29.2 Å². The van der Waals surface area contributed by atoms with Gasteiger partial charge in [-0.1, -0.05) is 26.0 Å². The Morgan fingerprint density at radius 3 is 2.66 bits per heavy atom. The predicted octanol–water partition coefficient (Wildman–Crippen LogP) is 2.09. The van der Waals surface area contributed by atoms with Gasteiger partial charge in [0.15, 0.2) is 0 Å². The van der Waals surface area contributed by atoms with Crippen LogP contribution in [0.2, 0.25) is 0 Å². The van der Waals surface area contributed by atoms with Crippen LogP contribution in [0.1, 0.15) is 27.2 Å². The highest BCUT2D eigenvalue weighted by atomic mass is 16.5. The van der Waals surface area contributed by atoms with E-state index in [2.05, 4.69) is 24.5 Å². The Hall–Kier alpha value is -2.67. The lowest BCUT2D eigenvalue weighted by Crippen LogP contribution is -2.44. The fourth-order valence-corrected chi connectivity index (χ4v) is 4.55. The van der Waals surface area contributed by atoms with Crippen LogP contribution in [-0.2, 0) is 19.1 Å². The molecule has 4 atom stereocenters. The van der Waals surface area contributed by atoms with Gasteiger partial charge in [0, 0.05) is 24.8 Å². The summed E-state index contributed by atoms with van der Waals surface area (Å²) in [6.45, 7) is 6.66. The van der Waals surface area contributed by atoms with Gasteiger partial charge in [-0.15, -0.1) is 0 Å². The van der Waals surface area contributed by atoms with Gasteiger partial charge in [0.2, 0.25) is 17.7 Å². The second-order valence-electron chi connectivity index (χ2n) is 8.53. The van der Waals surface area contributed by atoms with E-state index in [4.69, 9.17) is 4.74 Å². The number of hydrogen-bond acceptors (Lipinski definition) is 4. The van der Waals surface area contributed by atoms with Gasteiger partial charge in [0.05, 0.1) is 24.5 Å². The Bertz CT molecular complexity index is 863.